The van der Waals surface area contributed by atoms with E-state index < -0.39 is 0 Å². The Morgan fingerprint density at radius 1 is 1.29 bits per heavy atom. The average Bonchev–Trinajstić information content (AvgIpc) is 2.41. The predicted octanol–water partition coefficient (Wildman–Crippen LogP) is 3.75. The molecule has 1 aromatic rings. The van der Waals surface area contributed by atoms with E-state index in [4.69, 9.17) is 0 Å². The van der Waals surface area contributed by atoms with Crippen LogP contribution in [0.1, 0.15) is 32.6 Å². The molecule has 4 heteroatoms. The molecule has 1 atom stereocenters. The van der Waals surface area contributed by atoms with Gasteiger partial charge in [0.2, 0.25) is 6.08 Å². The first kappa shape index (κ1) is 16.0. The summed E-state index contributed by atoms with van der Waals surface area (Å²) in [4.78, 5) is 17.4. The van der Waals surface area contributed by atoms with Gasteiger partial charge in [-0.15, -0.1) is 0 Å². The molecule has 0 aliphatic heterocycles. The molecule has 0 aromatic carbocycles. The van der Waals surface area contributed by atoms with Gasteiger partial charge in [0.15, 0.2) is 0 Å². The van der Waals surface area contributed by atoms with Gasteiger partial charge in [0.1, 0.15) is 0 Å². The van der Waals surface area contributed by atoms with E-state index in [-0.39, 0.29) is 6.04 Å². The van der Waals surface area contributed by atoms with Crippen LogP contribution in [0.25, 0.3) is 0 Å². The highest BCUT2D eigenvalue weighted by Gasteiger charge is 2.01. The minimum atomic E-state index is 0.201. The van der Waals surface area contributed by atoms with Gasteiger partial charge in [-0.1, -0.05) is 35.3 Å². The van der Waals surface area contributed by atoms with E-state index in [0.717, 1.165) is 31.0 Å². The topological polar surface area (TPSA) is 42.3 Å². The summed E-state index contributed by atoms with van der Waals surface area (Å²) in [6.45, 7) is 2.04. The standard InChI is InChI=1S/C8H14BrNO.C5H5N/c1-2-8(10-7-11)5-3-4-6-9;1-2-4-6-5-3-1/h8H,2-6H2,1H3;1-5H. The first-order valence-corrected chi connectivity index (χ1v) is 6.95. The van der Waals surface area contributed by atoms with Crippen molar-refractivity contribution < 1.29 is 4.79 Å². The second kappa shape index (κ2) is 13.1. The molecule has 0 bridgehead atoms. The zero-order valence-electron chi connectivity index (χ0n) is 10.2. The fraction of sp³-hybridized carbons (Fsp3) is 0.538. The van der Waals surface area contributed by atoms with Crippen molar-refractivity contribution in [3.8, 4) is 0 Å². The maximum Gasteiger partial charge on any atom is 0.235 e. The first-order valence-electron chi connectivity index (χ1n) is 5.83. The Hall–Kier alpha value is -0.990. The fourth-order valence-corrected chi connectivity index (χ4v) is 1.62. The van der Waals surface area contributed by atoms with Crippen LogP contribution in [-0.4, -0.2) is 22.4 Å². The molecule has 0 amide bonds. The highest BCUT2D eigenvalue weighted by molar-refractivity contribution is 9.09. The Morgan fingerprint density at radius 3 is 2.35 bits per heavy atom. The molecule has 1 rings (SSSR count). The van der Waals surface area contributed by atoms with Crippen LogP contribution in [-0.2, 0) is 4.79 Å². The van der Waals surface area contributed by atoms with Crippen molar-refractivity contribution in [3.63, 3.8) is 0 Å². The Bertz CT molecular complexity index is 273. The summed E-state index contributed by atoms with van der Waals surface area (Å²) in [6, 6.07) is 5.92. The Kier molecular flexibility index (Phi) is 12.3. The van der Waals surface area contributed by atoms with Gasteiger partial charge in [-0.3, -0.25) is 4.98 Å². The van der Waals surface area contributed by atoms with Gasteiger partial charge in [0.25, 0.3) is 0 Å². The van der Waals surface area contributed by atoms with E-state index in [0.29, 0.717) is 0 Å². The zero-order valence-corrected chi connectivity index (χ0v) is 11.8. The summed E-state index contributed by atoms with van der Waals surface area (Å²) in [7, 11) is 0. The molecule has 94 valence electrons. The molecule has 0 aliphatic carbocycles. The molecule has 3 nitrogen and oxygen atoms in total. The number of rotatable bonds is 6. The Balaban J connectivity index is 0.000000354. The molecule has 1 heterocycles. The molecule has 0 aliphatic rings. The van der Waals surface area contributed by atoms with Gasteiger partial charge in [-0.05, 0) is 31.4 Å². The van der Waals surface area contributed by atoms with Crippen molar-refractivity contribution in [2.75, 3.05) is 5.33 Å². The maximum absolute atomic E-state index is 9.91. The van der Waals surface area contributed by atoms with Crippen molar-refractivity contribution >= 4 is 22.0 Å². The van der Waals surface area contributed by atoms with E-state index in [9.17, 15) is 4.79 Å². The predicted molar refractivity (Wildman–Crippen MR) is 74.1 cm³/mol. The monoisotopic (exact) mass is 298 g/mol. The number of halogens is 1. The van der Waals surface area contributed by atoms with Gasteiger partial charge in [-0.25, -0.2) is 9.79 Å². The SMILES string of the molecule is CCC(CCCCBr)N=C=O.c1ccncc1. The molecule has 0 spiro atoms. The van der Waals surface area contributed by atoms with Gasteiger partial charge in [-0.2, -0.15) is 0 Å². The number of unbranched alkanes of at least 4 members (excludes halogenated alkanes) is 1. The minimum Gasteiger partial charge on any atom is -0.265 e. The van der Waals surface area contributed by atoms with E-state index in [1.165, 1.54) is 0 Å². The number of aromatic nitrogens is 1. The number of nitrogens with zero attached hydrogens (tertiary/aromatic N) is 2. The van der Waals surface area contributed by atoms with Crippen molar-refractivity contribution in [2.24, 2.45) is 4.99 Å². The van der Waals surface area contributed by atoms with E-state index in [1.54, 1.807) is 18.5 Å². The first-order chi connectivity index (χ1) is 8.35. The molecule has 17 heavy (non-hydrogen) atoms. The third-order valence-electron chi connectivity index (χ3n) is 2.19. The smallest absolute Gasteiger partial charge is 0.235 e. The minimum absolute atomic E-state index is 0.201. The fourth-order valence-electron chi connectivity index (χ4n) is 1.22. The molecule has 0 radical (unpaired) electrons. The van der Waals surface area contributed by atoms with E-state index in [2.05, 4.69) is 25.9 Å². The van der Waals surface area contributed by atoms with E-state index in [1.807, 2.05) is 25.1 Å². The number of carbonyl (C=O) groups excluding carboxylic acids is 1. The molecule has 0 saturated carbocycles. The quantitative estimate of drug-likeness (QED) is 0.347. The van der Waals surface area contributed by atoms with Crippen LogP contribution in [0.3, 0.4) is 0 Å². The Labute approximate surface area is 112 Å². The number of aliphatic imine (C=N–C) groups is 1. The lowest BCUT2D eigenvalue weighted by molar-refractivity contribution is 0.535. The lowest BCUT2D eigenvalue weighted by Crippen LogP contribution is -2.01. The third kappa shape index (κ3) is 11.3. The molecular weight excluding hydrogens is 280 g/mol. The molecule has 0 saturated heterocycles. The van der Waals surface area contributed by atoms with Crippen LogP contribution in [0.4, 0.5) is 0 Å². The molecule has 0 N–H and O–H groups in total. The lowest BCUT2D eigenvalue weighted by Gasteiger charge is -2.05. The highest BCUT2D eigenvalue weighted by atomic mass is 79.9. The Morgan fingerprint density at radius 2 is 2.00 bits per heavy atom. The van der Waals surface area contributed by atoms with Gasteiger partial charge in [0.05, 0.1) is 6.04 Å². The lowest BCUT2D eigenvalue weighted by atomic mass is 10.1. The van der Waals surface area contributed by atoms with Crippen LogP contribution in [0.15, 0.2) is 35.6 Å². The third-order valence-corrected chi connectivity index (χ3v) is 2.75. The van der Waals surface area contributed by atoms with Crippen LogP contribution in [0.5, 0.6) is 0 Å². The van der Waals surface area contributed by atoms with Crippen LogP contribution in [0.2, 0.25) is 0 Å². The summed E-state index contributed by atoms with van der Waals surface area (Å²) in [5, 5.41) is 1.04. The molecule has 1 aromatic heterocycles. The summed E-state index contributed by atoms with van der Waals surface area (Å²) >= 11 is 3.35. The summed E-state index contributed by atoms with van der Waals surface area (Å²) in [5.41, 5.74) is 0. The average molecular weight is 299 g/mol. The van der Waals surface area contributed by atoms with Crippen LogP contribution >= 0.6 is 15.9 Å². The number of pyridine rings is 1. The summed E-state index contributed by atoms with van der Waals surface area (Å²) in [5.74, 6) is 0. The van der Waals surface area contributed by atoms with Crippen molar-refractivity contribution in [1.29, 1.82) is 0 Å². The normalized spacial score (nSPS) is 10.7. The zero-order chi connectivity index (χ0) is 12.8. The van der Waals surface area contributed by atoms with Crippen molar-refractivity contribution in [1.82, 2.24) is 4.98 Å². The second-order valence-corrected chi connectivity index (χ2v) is 4.28. The number of hydrogen-bond acceptors (Lipinski definition) is 3. The van der Waals surface area contributed by atoms with Gasteiger partial charge in [0, 0.05) is 17.7 Å². The van der Waals surface area contributed by atoms with Gasteiger partial charge < -0.3 is 0 Å². The summed E-state index contributed by atoms with van der Waals surface area (Å²) in [6.07, 6.45) is 9.35. The summed E-state index contributed by atoms with van der Waals surface area (Å²) < 4.78 is 0. The number of isocyanates is 1. The van der Waals surface area contributed by atoms with Crippen LogP contribution in [0, 0.1) is 0 Å². The molecular formula is C13H19BrN2O. The van der Waals surface area contributed by atoms with Crippen LogP contribution < -0.4 is 0 Å². The highest BCUT2D eigenvalue weighted by Crippen LogP contribution is 2.08. The van der Waals surface area contributed by atoms with Crippen molar-refractivity contribution in [2.45, 2.75) is 38.6 Å². The molecule has 0 fully saturated rings. The molecule has 1 unspecified atom stereocenters. The van der Waals surface area contributed by atoms with E-state index >= 15 is 0 Å². The number of alkyl halides is 1. The van der Waals surface area contributed by atoms with Crippen molar-refractivity contribution in [3.05, 3.63) is 30.6 Å². The van der Waals surface area contributed by atoms with Gasteiger partial charge >= 0.3 is 0 Å². The largest absolute Gasteiger partial charge is 0.265 e. The maximum atomic E-state index is 9.91. The number of hydrogen-bond donors (Lipinski definition) is 0. The second-order valence-electron chi connectivity index (χ2n) is 3.49.